The second-order valence-corrected chi connectivity index (χ2v) is 6.84. The van der Waals surface area contributed by atoms with E-state index in [0.29, 0.717) is 30.3 Å². The van der Waals surface area contributed by atoms with E-state index < -0.39 is 0 Å². The quantitative estimate of drug-likeness (QED) is 0.871. The maximum absolute atomic E-state index is 12.5. The van der Waals surface area contributed by atoms with Crippen LogP contribution in [0.2, 0.25) is 5.02 Å². The minimum absolute atomic E-state index is 0.101. The van der Waals surface area contributed by atoms with E-state index in [1.165, 1.54) is 5.69 Å². The number of anilines is 2. The first kappa shape index (κ1) is 16.8. The van der Waals surface area contributed by atoms with E-state index in [0.717, 1.165) is 23.7 Å². The average molecular weight is 374 g/mol. The Balaban J connectivity index is 1.36. The lowest BCUT2D eigenvalue weighted by Gasteiger charge is -2.36. The Morgan fingerprint density at radius 2 is 1.81 bits per heavy atom. The Bertz CT molecular complexity index is 835. The third-order valence-electron chi connectivity index (χ3n) is 4.69. The van der Waals surface area contributed by atoms with Crippen molar-refractivity contribution in [2.45, 2.75) is 6.92 Å². The van der Waals surface area contributed by atoms with Crippen LogP contribution >= 0.6 is 11.6 Å². The van der Waals surface area contributed by atoms with Crippen molar-refractivity contribution in [3.8, 4) is 11.5 Å². The van der Waals surface area contributed by atoms with Gasteiger partial charge in [-0.2, -0.15) is 0 Å². The predicted molar refractivity (Wildman–Crippen MR) is 102 cm³/mol. The summed E-state index contributed by atoms with van der Waals surface area (Å²) in [4.78, 5) is 16.6. The third kappa shape index (κ3) is 3.37. The fraction of sp³-hybridized carbons (Fsp3) is 0.316. The number of piperazine rings is 1. The summed E-state index contributed by atoms with van der Waals surface area (Å²) in [5.74, 6) is 1.36. The highest BCUT2D eigenvalue weighted by Crippen LogP contribution is 2.34. The topological polar surface area (TPSA) is 54.0 Å². The van der Waals surface area contributed by atoms with Crippen molar-refractivity contribution in [1.82, 2.24) is 4.90 Å². The van der Waals surface area contributed by atoms with Gasteiger partial charge in [-0.05, 0) is 42.8 Å². The Morgan fingerprint density at radius 1 is 1.04 bits per heavy atom. The van der Waals surface area contributed by atoms with Gasteiger partial charge in [-0.25, -0.2) is 4.79 Å². The van der Waals surface area contributed by atoms with Gasteiger partial charge in [0, 0.05) is 48.6 Å². The first-order valence-corrected chi connectivity index (χ1v) is 8.94. The van der Waals surface area contributed by atoms with Crippen LogP contribution in [-0.4, -0.2) is 43.9 Å². The van der Waals surface area contributed by atoms with Gasteiger partial charge in [0.1, 0.15) is 0 Å². The van der Waals surface area contributed by atoms with E-state index in [1.807, 2.05) is 29.2 Å². The largest absolute Gasteiger partial charge is 0.454 e. The summed E-state index contributed by atoms with van der Waals surface area (Å²) in [6.07, 6.45) is 0. The number of amides is 2. The number of aryl methyl sites for hydroxylation is 1. The average Bonchev–Trinajstić information content (AvgIpc) is 3.10. The molecule has 0 spiro atoms. The maximum Gasteiger partial charge on any atom is 0.321 e. The van der Waals surface area contributed by atoms with E-state index in [9.17, 15) is 4.79 Å². The van der Waals surface area contributed by atoms with Crippen LogP contribution in [0.3, 0.4) is 0 Å². The fourth-order valence-electron chi connectivity index (χ4n) is 3.30. The van der Waals surface area contributed by atoms with Crippen molar-refractivity contribution in [2.75, 3.05) is 43.2 Å². The Kier molecular flexibility index (Phi) is 4.51. The van der Waals surface area contributed by atoms with E-state index in [2.05, 4.69) is 17.1 Å². The number of carbonyl (C=O) groups excluding carboxylic acids is 1. The van der Waals surface area contributed by atoms with Gasteiger partial charge in [-0.3, -0.25) is 0 Å². The molecule has 0 saturated carbocycles. The smallest absolute Gasteiger partial charge is 0.321 e. The van der Waals surface area contributed by atoms with Crippen LogP contribution in [-0.2, 0) is 0 Å². The molecule has 26 heavy (non-hydrogen) atoms. The molecule has 1 N–H and O–H groups in total. The van der Waals surface area contributed by atoms with Gasteiger partial charge in [0.15, 0.2) is 11.5 Å². The molecule has 4 rings (SSSR count). The number of fused-ring (bicyclic) bond motifs is 1. The molecule has 2 amide bonds. The van der Waals surface area contributed by atoms with Gasteiger partial charge in [0.2, 0.25) is 6.79 Å². The zero-order valence-corrected chi connectivity index (χ0v) is 15.3. The summed E-state index contributed by atoms with van der Waals surface area (Å²) < 4.78 is 10.6. The summed E-state index contributed by atoms with van der Waals surface area (Å²) in [5, 5.41) is 3.67. The van der Waals surface area contributed by atoms with Crippen LogP contribution in [0, 0.1) is 6.92 Å². The zero-order valence-electron chi connectivity index (χ0n) is 14.5. The Hall–Kier alpha value is -2.60. The van der Waals surface area contributed by atoms with Gasteiger partial charge in [-0.1, -0.05) is 11.6 Å². The minimum Gasteiger partial charge on any atom is -0.454 e. The molecular weight excluding hydrogens is 354 g/mol. The van der Waals surface area contributed by atoms with Gasteiger partial charge >= 0.3 is 6.03 Å². The fourth-order valence-corrected chi connectivity index (χ4v) is 3.53. The number of nitrogens with one attached hydrogen (secondary N) is 1. The first-order valence-electron chi connectivity index (χ1n) is 8.57. The number of benzene rings is 2. The summed E-state index contributed by atoms with van der Waals surface area (Å²) in [5.41, 5.74) is 3.02. The molecule has 0 bridgehead atoms. The van der Waals surface area contributed by atoms with Crippen molar-refractivity contribution in [3.63, 3.8) is 0 Å². The lowest BCUT2D eigenvalue weighted by molar-refractivity contribution is 0.174. The number of urea groups is 1. The molecule has 0 unspecified atom stereocenters. The first-order chi connectivity index (χ1) is 12.6. The molecule has 136 valence electrons. The molecule has 0 aliphatic carbocycles. The second-order valence-electron chi connectivity index (χ2n) is 6.40. The number of carbonyl (C=O) groups is 1. The highest BCUT2D eigenvalue weighted by Gasteiger charge is 2.23. The standard InChI is InChI=1S/C19H20ClN3O3/c1-13-10-14(20)2-4-16(13)22-6-8-23(9-7-22)19(24)21-15-3-5-17-18(11-15)26-12-25-17/h2-5,10-11H,6-9,12H2,1H3,(H,21,24). The van der Waals surface area contributed by atoms with Crippen molar-refractivity contribution in [2.24, 2.45) is 0 Å². The predicted octanol–water partition coefficient (Wildman–Crippen LogP) is 3.73. The normalized spacial score (nSPS) is 15.9. The number of halogens is 1. The van der Waals surface area contributed by atoms with Gasteiger partial charge in [-0.15, -0.1) is 0 Å². The molecule has 2 aliphatic rings. The molecule has 0 atom stereocenters. The van der Waals surface area contributed by atoms with Crippen molar-refractivity contribution >= 4 is 29.0 Å². The molecule has 7 heteroatoms. The number of rotatable bonds is 2. The number of hydrogen-bond donors (Lipinski definition) is 1. The van der Waals surface area contributed by atoms with Gasteiger partial charge < -0.3 is 24.6 Å². The van der Waals surface area contributed by atoms with E-state index in [-0.39, 0.29) is 12.8 Å². The van der Waals surface area contributed by atoms with Crippen molar-refractivity contribution < 1.29 is 14.3 Å². The van der Waals surface area contributed by atoms with E-state index in [4.69, 9.17) is 21.1 Å². The van der Waals surface area contributed by atoms with Crippen LogP contribution < -0.4 is 19.7 Å². The summed E-state index contributed by atoms with van der Waals surface area (Å²) in [6.45, 7) is 5.18. The number of nitrogens with zero attached hydrogens (tertiary/aromatic N) is 2. The SMILES string of the molecule is Cc1cc(Cl)ccc1N1CCN(C(=O)Nc2ccc3c(c2)OCO3)CC1. The van der Waals surface area contributed by atoms with Crippen LogP contribution in [0.25, 0.3) is 0 Å². The van der Waals surface area contributed by atoms with Crippen LogP contribution in [0.5, 0.6) is 11.5 Å². The molecule has 2 aromatic carbocycles. The third-order valence-corrected chi connectivity index (χ3v) is 4.93. The molecule has 0 radical (unpaired) electrons. The summed E-state index contributed by atoms with van der Waals surface area (Å²) in [7, 11) is 0. The van der Waals surface area contributed by atoms with Gasteiger partial charge in [0.25, 0.3) is 0 Å². The number of ether oxygens (including phenoxy) is 2. The number of hydrogen-bond acceptors (Lipinski definition) is 4. The lowest BCUT2D eigenvalue weighted by atomic mass is 10.1. The van der Waals surface area contributed by atoms with E-state index in [1.54, 1.807) is 12.1 Å². The summed E-state index contributed by atoms with van der Waals surface area (Å²) >= 11 is 6.04. The Morgan fingerprint density at radius 3 is 2.58 bits per heavy atom. The minimum atomic E-state index is -0.101. The molecule has 0 aromatic heterocycles. The van der Waals surface area contributed by atoms with E-state index >= 15 is 0 Å². The van der Waals surface area contributed by atoms with Gasteiger partial charge in [0.05, 0.1) is 0 Å². The zero-order chi connectivity index (χ0) is 18.1. The maximum atomic E-state index is 12.5. The molecule has 2 aromatic rings. The second kappa shape index (κ2) is 6.96. The van der Waals surface area contributed by atoms with Crippen molar-refractivity contribution in [1.29, 1.82) is 0 Å². The molecule has 2 aliphatic heterocycles. The summed E-state index contributed by atoms with van der Waals surface area (Å²) in [6, 6.07) is 11.2. The molecule has 2 heterocycles. The van der Waals surface area contributed by atoms with Crippen LogP contribution in [0.4, 0.5) is 16.2 Å². The van der Waals surface area contributed by atoms with Crippen LogP contribution in [0.15, 0.2) is 36.4 Å². The molecular formula is C19H20ClN3O3. The molecule has 1 saturated heterocycles. The molecule has 6 nitrogen and oxygen atoms in total. The van der Waals surface area contributed by atoms with Crippen molar-refractivity contribution in [3.05, 3.63) is 47.0 Å². The molecule has 1 fully saturated rings. The highest BCUT2D eigenvalue weighted by molar-refractivity contribution is 6.30. The monoisotopic (exact) mass is 373 g/mol. The van der Waals surface area contributed by atoms with Crippen LogP contribution in [0.1, 0.15) is 5.56 Å². The lowest BCUT2D eigenvalue weighted by Crippen LogP contribution is -2.50. The highest BCUT2D eigenvalue weighted by atomic mass is 35.5. The Labute approximate surface area is 157 Å².